The number of likely N-dealkylation sites (tertiary alicyclic amines) is 1. The molecule has 0 bridgehead atoms. The van der Waals surface area contributed by atoms with E-state index in [0.717, 1.165) is 6.42 Å². The second-order valence-electron chi connectivity index (χ2n) is 2.80. The van der Waals surface area contributed by atoms with Crippen LogP contribution in [-0.2, 0) is 4.79 Å². The molecule has 1 saturated heterocycles. The van der Waals surface area contributed by atoms with Crippen LogP contribution in [0.1, 0.15) is 12.8 Å². The van der Waals surface area contributed by atoms with E-state index in [9.17, 15) is 4.79 Å². The highest BCUT2D eigenvalue weighted by Crippen LogP contribution is 2.26. The first-order chi connectivity index (χ1) is 5.13. The Balaban J connectivity index is 2.93. The molecule has 1 rings (SSSR count). The topological polar surface area (TPSA) is 64.3 Å². The van der Waals surface area contributed by atoms with Gasteiger partial charge in [-0.25, -0.2) is 4.79 Å². The van der Waals surface area contributed by atoms with Crippen LogP contribution in [0.2, 0.25) is 0 Å². The van der Waals surface area contributed by atoms with Gasteiger partial charge in [0.05, 0.1) is 6.07 Å². The second-order valence-corrected chi connectivity index (χ2v) is 2.80. The lowest BCUT2D eigenvalue weighted by molar-refractivity contribution is -0.145. The highest BCUT2D eigenvalue weighted by molar-refractivity contribution is 5.82. The first-order valence-electron chi connectivity index (χ1n) is 3.49. The van der Waals surface area contributed by atoms with E-state index in [-0.39, 0.29) is 0 Å². The van der Waals surface area contributed by atoms with Crippen LogP contribution in [0.5, 0.6) is 0 Å². The molecule has 1 heterocycles. The average molecular weight is 154 g/mol. The molecule has 0 aromatic carbocycles. The number of hydrogen-bond acceptors (Lipinski definition) is 3. The monoisotopic (exact) mass is 154 g/mol. The van der Waals surface area contributed by atoms with Crippen molar-refractivity contribution < 1.29 is 9.90 Å². The largest absolute Gasteiger partial charge is 0.479 e. The molecule has 0 spiro atoms. The molecule has 0 saturated carbocycles. The van der Waals surface area contributed by atoms with Crippen LogP contribution in [0.15, 0.2) is 0 Å². The van der Waals surface area contributed by atoms with Gasteiger partial charge < -0.3 is 5.11 Å². The molecule has 0 aromatic rings. The Kier molecular flexibility index (Phi) is 1.83. The summed E-state index contributed by atoms with van der Waals surface area (Å²) in [6.45, 7) is 0.694. The van der Waals surface area contributed by atoms with Crippen molar-refractivity contribution in [3.8, 4) is 6.07 Å². The summed E-state index contributed by atoms with van der Waals surface area (Å²) in [6, 6.07) is 1.85. The summed E-state index contributed by atoms with van der Waals surface area (Å²) in [6.07, 6.45) is 1.23. The molecule has 0 aromatic heterocycles. The Morgan fingerprint density at radius 2 is 2.45 bits per heavy atom. The minimum Gasteiger partial charge on any atom is -0.479 e. The van der Waals surface area contributed by atoms with E-state index in [1.54, 1.807) is 11.9 Å². The van der Waals surface area contributed by atoms with Crippen molar-refractivity contribution in [3.05, 3.63) is 0 Å². The van der Waals surface area contributed by atoms with E-state index in [0.29, 0.717) is 13.0 Å². The van der Waals surface area contributed by atoms with Gasteiger partial charge in [0, 0.05) is 6.54 Å². The molecular formula is C7H10N2O2. The molecule has 0 aliphatic carbocycles. The van der Waals surface area contributed by atoms with E-state index >= 15 is 0 Å². The Bertz CT molecular complexity index is 221. The van der Waals surface area contributed by atoms with E-state index < -0.39 is 11.5 Å². The average Bonchev–Trinajstić information content (AvgIpc) is 2.32. The molecule has 11 heavy (non-hydrogen) atoms. The Morgan fingerprint density at radius 3 is 2.64 bits per heavy atom. The van der Waals surface area contributed by atoms with Gasteiger partial charge in [0.1, 0.15) is 0 Å². The second kappa shape index (κ2) is 2.51. The number of carboxylic acids is 1. The Labute approximate surface area is 65.0 Å². The van der Waals surface area contributed by atoms with Crippen LogP contribution in [0, 0.1) is 11.3 Å². The number of nitrogens with zero attached hydrogens (tertiary/aromatic N) is 2. The van der Waals surface area contributed by atoms with Crippen molar-refractivity contribution in [2.24, 2.45) is 0 Å². The molecule has 1 aliphatic heterocycles. The van der Waals surface area contributed by atoms with E-state index in [1.807, 2.05) is 6.07 Å². The fraction of sp³-hybridized carbons (Fsp3) is 0.714. The summed E-state index contributed by atoms with van der Waals surface area (Å²) in [4.78, 5) is 12.3. The van der Waals surface area contributed by atoms with Gasteiger partial charge in [0.15, 0.2) is 0 Å². The summed E-state index contributed by atoms with van der Waals surface area (Å²) in [5.41, 5.74) is -1.25. The van der Waals surface area contributed by atoms with Gasteiger partial charge in [-0.1, -0.05) is 0 Å². The van der Waals surface area contributed by atoms with E-state index in [2.05, 4.69) is 0 Å². The highest BCUT2D eigenvalue weighted by Gasteiger charge is 2.46. The molecule has 1 N–H and O–H groups in total. The SMILES string of the molecule is CN1CCCC1(C#N)C(=O)O. The Morgan fingerprint density at radius 1 is 1.82 bits per heavy atom. The van der Waals surface area contributed by atoms with Gasteiger partial charge >= 0.3 is 5.97 Å². The predicted molar refractivity (Wildman–Crippen MR) is 37.8 cm³/mol. The van der Waals surface area contributed by atoms with Crippen molar-refractivity contribution in [1.29, 1.82) is 5.26 Å². The van der Waals surface area contributed by atoms with Crippen molar-refractivity contribution in [1.82, 2.24) is 4.90 Å². The minimum atomic E-state index is -1.25. The summed E-state index contributed by atoms with van der Waals surface area (Å²) in [5, 5.41) is 17.5. The molecular weight excluding hydrogens is 144 g/mol. The van der Waals surface area contributed by atoms with Gasteiger partial charge in [0.2, 0.25) is 5.54 Å². The number of hydrogen-bond donors (Lipinski definition) is 1. The number of rotatable bonds is 1. The van der Waals surface area contributed by atoms with Crippen LogP contribution in [-0.4, -0.2) is 35.1 Å². The van der Waals surface area contributed by atoms with Crippen LogP contribution < -0.4 is 0 Å². The zero-order chi connectivity index (χ0) is 8.48. The fourth-order valence-corrected chi connectivity index (χ4v) is 1.41. The van der Waals surface area contributed by atoms with Gasteiger partial charge in [-0.15, -0.1) is 0 Å². The number of likely N-dealkylation sites (N-methyl/N-ethyl adjacent to an activating group) is 1. The molecule has 1 aliphatic rings. The smallest absolute Gasteiger partial charge is 0.339 e. The highest BCUT2D eigenvalue weighted by atomic mass is 16.4. The standard InChI is InChI=1S/C7H10N2O2/c1-9-4-2-3-7(9,5-8)6(10)11/h2-4H2,1H3,(H,10,11). The zero-order valence-corrected chi connectivity index (χ0v) is 6.37. The lowest BCUT2D eigenvalue weighted by Crippen LogP contribution is -2.47. The minimum absolute atomic E-state index is 0.440. The molecule has 1 atom stereocenters. The summed E-state index contributed by atoms with van der Waals surface area (Å²) >= 11 is 0. The maximum absolute atomic E-state index is 10.7. The predicted octanol–water partition coefficient (Wildman–Crippen LogP) is 0.0590. The van der Waals surface area contributed by atoms with Gasteiger partial charge in [-0.2, -0.15) is 5.26 Å². The summed E-state index contributed by atoms with van der Waals surface area (Å²) < 4.78 is 0. The zero-order valence-electron chi connectivity index (χ0n) is 6.37. The summed E-state index contributed by atoms with van der Waals surface area (Å²) in [7, 11) is 1.67. The van der Waals surface area contributed by atoms with Crippen molar-refractivity contribution >= 4 is 5.97 Å². The Hall–Kier alpha value is -1.08. The molecule has 4 nitrogen and oxygen atoms in total. The van der Waals surface area contributed by atoms with Gasteiger partial charge in [0.25, 0.3) is 0 Å². The van der Waals surface area contributed by atoms with E-state index in [1.165, 1.54) is 0 Å². The van der Waals surface area contributed by atoms with Crippen LogP contribution >= 0.6 is 0 Å². The van der Waals surface area contributed by atoms with Crippen LogP contribution in [0.3, 0.4) is 0 Å². The normalized spacial score (nSPS) is 31.6. The summed E-state index contributed by atoms with van der Waals surface area (Å²) in [5.74, 6) is -1.03. The fourth-order valence-electron chi connectivity index (χ4n) is 1.41. The third-order valence-electron chi connectivity index (χ3n) is 2.22. The molecule has 1 unspecified atom stereocenters. The number of carbonyl (C=O) groups is 1. The third-order valence-corrected chi connectivity index (χ3v) is 2.22. The van der Waals surface area contributed by atoms with Crippen molar-refractivity contribution in [2.45, 2.75) is 18.4 Å². The molecule has 1 fully saturated rings. The number of carboxylic acid groups (broad SMARTS) is 1. The number of nitriles is 1. The lowest BCUT2D eigenvalue weighted by Gasteiger charge is -2.23. The van der Waals surface area contributed by atoms with Crippen molar-refractivity contribution in [3.63, 3.8) is 0 Å². The molecule has 4 heteroatoms. The molecule has 60 valence electrons. The van der Waals surface area contributed by atoms with Crippen LogP contribution in [0.25, 0.3) is 0 Å². The lowest BCUT2D eigenvalue weighted by atomic mass is 9.99. The van der Waals surface area contributed by atoms with E-state index in [4.69, 9.17) is 10.4 Å². The molecule has 0 radical (unpaired) electrons. The van der Waals surface area contributed by atoms with Crippen LogP contribution in [0.4, 0.5) is 0 Å². The first kappa shape index (κ1) is 8.02. The maximum Gasteiger partial charge on any atom is 0.339 e. The number of aliphatic carboxylic acids is 1. The van der Waals surface area contributed by atoms with Gasteiger partial charge in [-0.3, -0.25) is 4.90 Å². The first-order valence-corrected chi connectivity index (χ1v) is 3.49. The maximum atomic E-state index is 10.7. The molecule has 0 amide bonds. The van der Waals surface area contributed by atoms with Crippen molar-refractivity contribution in [2.75, 3.05) is 13.6 Å². The quantitative estimate of drug-likeness (QED) is 0.580. The van der Waals surface area contributed by atoms with Gasteiger partial charge in [-0.05, 0) is 19.9 Å². The third kappa shape index (κ3) is 0.976.